The molecule has 3 aliphatic rings. The van der Waals surface area contributed by atoms with Gasteiger partial charge in [0.1, 0.15) is 42.7 Å². The van der Waals surface area contributed by atoms with Crippen molar-refractivity contribution >= 4 is 0 Å². The number of aliphatic hydroxyl groups excluding tert-OH is 9. The predicted octanol–water partition coefficient (Wildman–Crippen LogP) is -3.66. The third-order valence-corrected chi connectivity index (χ3v) is 7.18. The summed E-state index contributed by atoms with van der Waals surface area (Å²) >= 11 is 0. The van der Waals surface area contributed by atoms with Crippen molar-refractivity contribution in [3.8, 4) is 0 Å². The zero-order chi connectivity index (χ0) is 26.9. The standard InChI is InChI=1S/C23H40O13/c1-8(2)33-22-20(32)18(30)21(13(7-25)35-22)36-23-19(31)16(28)12(9(3)34-23)5-10-4-11(6-24)15(27)17(29)14(10)26/h4,8-10,12-32H,5-7H2,1-3H3/t9?,10?,12-,13?,14+,15-,16+,17-,18-,19?,20?,21-,22+,23-/m1/s1. The molecule has 0 spiro atoms. The van der Waals surface area contributed by atoms with Gasteiger partial charge in [-0.05, 0) is 32.8 Å². The number of rotatable bonds is 8. The third kappa shape index (κ3) is 6.10. The molecule has 2 heterocycles. The van der Waals surface area contributed by atoms with E-state index in [2.05, 4.69) is 0 Å². The maximum Gasteiger partial charge on any atom is 0.186 e. The van der Waals surface area contributed by atoms with Gasteiger partial charge in [-0.15, -0.1) is 0 Å². The highest BCUT2D eigenvalue weighted by Crippen LogP contribution is 2.37. The van der Waals surface area contributed by atoms with Crippen LogP contribution < -0.4 is 0 Å². The van der Waals surface area contributed by atoms with Gasteiger partial charge in [0.25, 0.3) is 0 Å². The molecule has 1 aliphatic carbocycles. The molecule has 0 aromatic rings. The molecule has 9 N–H and O–H groups in total. The number of hydrogen-bond donors (Lipinski definition) is 9. The van der Waals surface area contributed by atoms with E-state index in [9.17, 15) is 46.0 Å². The molecule has 2 fully saturated rings. The molecule has 0 aromatic carbocycles. The zero-order valence-corrected chi connectivity index (χ0v) is 20.5. The Morgan fingerprint density at radius 2 is 1.47 bits per heavy atom. The Kier molecular flexibility index (Phi) is 10.2. The Bertz CT molecular complexity index is 733. The highest BCUT2D eigenvalue weighted by atomic mass is 16.7. The molecule has 0 aromatic heterocycles. The van der Waals surface area contributed by atoms with Gasteiger partial charge >= 0.3 is 0 Å². The van der Waals surface area contributed by atoms with Crippen molar-refractivity contribution in [1.82, 2.24) is 0 Å². The van der Waals surface area contributed by atoms with Gasteiger partial charge in [-0.1, -0.05) is 6.08 Å². The fourth-order valence-electron chi connectivity index (χ4n) is 5.08. The van der Waals surface area contributed by atoms with Crippen molar-refractivity contribution in [3.05, 3.63) is 11.6 Å². The Hall–Kier alpha value is -0.780. The van der Waals surface area contributed by atoms with Crippen molar-refractivity contribution in [2.24, 2.45) is 11.8 Å². The molecule has 0 bridgehead atoms. The van der Waals surface area contributed by atoms with E-state index in [1.54, 1.807) is 20.8 Å². The number of aliphatic hydroxyl groups is 9. The van der Waals surface area contributed by atoms with Crippen LogP contribution in [-0.2, 0) is 18.9 Å². The van der Waals surface area contributed by atoms with Gasteiger partial charge in [-0.25, -0.2) is 0 Å². The van der Waals surface area contributed by atoms with E-state index in [0.29, 0.717) is 0 Å². The summed E-state index contributed by atoms with van der Waals surface area (Å²) in [6.07, 6.45) is -15.1. The minimum absolute atomic E-state index is 0.0436. The summed E-state index contributed by atoms with van der Waals surface area (Å²) in [7, 11) is 0. The van der Waals surface area contributed by atoms with Crippen LogP contribution in [0.4, 0.5) is 0 Å². The first-order valence-corrected chi connectivity index (χ1v) is 12.2. The molecule has 0 amide bonds. The summed E-state index contributed by atoms with van der Waals surface area (Å²) in [4.78, 5) is 0. The molecule has 3 rings (SSSR count). The molecule has 0 saturated carbocycles. The summed E-state index contributed by atoms with van der Waals surface area (Å²) in [5.74, 6) is -1.49. The van der Waals surface area contributed by atoms with Gasteiger partial charge in [-0.3, -0.25) is 0 Å². The summed E-state index contributed by atoms with van der Waals surface area (Å²) in [5, 5.41) is 92.3. The Morgan fingerprint density at radius 1 is 0.833 bits per heavy atom. The average Bonchev–Trinajstić information content (AvgIpc) is 2.84. The van der Waals surface area contributed by atoms with Crippen LogP contribution in [0.3, 0.4) is 0 Å². The van der Waals surface area contributed by atoms with E-state index in [-0.39, 0.29) is 18.1 Å². The first-order valence-electron chi connectivity index (χ1n) is 12.2. The molecular weight excluding hydrogens is 484 g/mol. The van der Waals surface area contributed by atoms with Gasteiger partial charge < -0.3 is 64.9 Å². The van der Waals surface area contributed by atoms with Gasteiger partial charge in [0, 0.05) is 11.8 Å². The van der Waals surface area contributed by atoms with Crippen molar-refractivity contribution < 1.29 is 64.9 Å². The van der Waals surface area contributed by atoms with E-state index in [4.69, 9.17) is 18.9 Å². The lowest BCUT2D eigenvalue weighted by Crippen LogP contribution is -2.63. The fraction of sp³-hybridized carbons (Fsp3) is 0.913. The van der Waals surface area contributed by atoms with Crippen LogP contribution in [-0.4, -0.2) is 139 Å². The number of ether oxygens (including phenoxy) is 4. The van der Waals surface area contributed by atoms with Gasteiger partial charge in [0.15, 0.2) is 12.6 Å². The topological polar surface area (TPSA) is 219 Å². The summed E-state index contributed by atoms with van der Waals surface area (Å²) in [5.41, 5.74) is 0.137. The zero-order valence-electron chi connectivity index (χ0n) is 20.5. The van der Waals surface area contributed by atoms with E-state index in [0.717, 1.165) is 0 Å². The van der Waals surface area contributed by atoms with Crippen LogP contribution >= 0.6 is 0 Å². The van der Waals surface area contributed by atoms with Crippen LogP contribution in [0.1, 0.15) is 27.2 Å². The first kappa shape index (κ1) is 29.8. The van der Waals surface area contributed by atoms with Gasteiger partial charge in [-0.2, -0.15) is 0 Å². The van der Waals surface area contributed by atoms with Crippen LogP contribution in [0, 0.1) is 11.8 Å². The summed E-state index contributed by atoms with van der Waals surface area (Å²) in [6, 6.07) is 0. The SMILES string of the molecule is CC(C)O[C@H]1OC(CO)[C@@H](O[C@H]2OC(C)[C@@H](CC3C=C(CO)[C@@H](O)[C@H](O)[C@H]3O)[C@H](O)C2O)[C@H](O)C1O. The second-order valence-electron chi connectivity index (χ2n) is 10.1. The lowest BCUT2D eigenvalue weighted by Gasteiger charge is -2.47. The molecule has 5 unspecified atom stereocenters. The lowest BCUT2D eigenvalue weighted by molar-refractivity contribution is -0.357. The van der Waals surface area contributed by atoms with E-state index >= 15 is 0 Å². The molecule has 14 atom stereocenters. The summed E-state index contributed by atoms with van der Waals surface area (Å²) < 4.78 is 22.4. The monoisotopic (exact) mass is 524 g/mol. The van der Waals surface area contributed by atoms with E-state index in [1.807, 2.05) is 0 Å². The predicted molar refractivity (Wildman–Crippen MR) is 120 cm³/mol. The third-order valence-electron chi connectivity index (χ3n) is 7.18. The van der Waals surface area contributed by atoms with E-state index in [1.165, 1.54) is 6.08 Å². The maximum atomic E-state index is 10.9. The number of hydrogen-bond acceptors (Lipinski definition) is 13. The second-order valence-corrected chi connectivity index (χ2v) is 10.1. The Labute approximate surface area is 209 Å². The molecule has 210 valence electrons. The summed E-state index contributed by atoms with van der Waals surface area (Å²) in [6.45, 7) is 3.90. The quantitative estimate of drug-likeness (QED) is 0.140. The van der Waals surface area contributed by atoms with Crippen molar-refractivity contribution in [2.75, 3.05) is 13.2 Å². The molecule has 0 radical (unpaired) electrons. The van der Waals surface area contributed by atoms with Crippen molar-refractivity contribution in [3.63, 3.8) is 0 Å². The molecule has 2 saturated heterocycles. The second kappa shape index (κ2) is 12.4. The Morgan fingerprint density at radius 3 is 2.06 bits per heavy atom. The average molecular weight is 525 g/mol. The smallest absolute Gasteiger partial charge is 0.186 e. The van der Waals surface area contributed by atoms with Gasteiger partial charge in [0.05, 0.1) is 37.6 Å². The molecular formula is C23H40O13. The van der Waals surface area contributed by atoms with Crippen molar-refractivity contribution in [2.45, 2.75) is 107 Å². The van der Waals surface area contributed by atoms with Crippen LogP contribution in [0.15, 0.2) is 11.6 Å². The molecule has 36 heavy (non-hydrogen) atoms. The molecule has 13 nitrogen and oxygen atoms in total. The normalized spacial score (nSPS) is 48.2. The minimum Gasteiger partial charge on any atom is -0.394 e. The lowest BCUT2D eigenvalue weighted by atomic mass is 9.75. The fourth-order valence-corrected chi connectivity index (χ4v) is 5.08. The van der Waals surface area contributed by atoms with Crippen LogP contribution in [0.2, 0.25) is 0 Å². The van der Waals surface area contributed by atoms with Gasteiger partial charge in [0.2, 0.25) is 0 Å². The van der Waals surface area contributed by atoms with Crippen molar-refractivity contribution in [1.29, 1.82) is 0 Å². The maximum absolute atomic E-state index is 10.9. The molecule has 2 aliphatic heterocycles. The minimum atomic E-state index is -1.61. The first-order chi connectivity index (χ1) is 16.9. The van der Waals surface area contributed by atoms with Crippen LogP contribution in [0.25, 0.3) is 0 Å². The Balaban J connectivity index is 1.69. The largest absolute Gasteiger partial charge is 0.394 e. The highest BCUT2D eigenvalue weighted by molar-refractivity contribution is 5.19. The van der Waals surface area contributed by atoms with E-state index < -0.39 is 98.7 Å². The van der Waals surface area contributed by atoms with Crippen LogP contribution in [0.5, 0.6) is 0 Å². The molecule has 13 heteroatoms. The highest BCUT2D eigenvalue weighted by Gasteiger charge is 2.51.